The molecule has 112 valence electrons. The van der Waals surface area contributed by atoms with Gasteiger partial charge in [-0.3, -0.25) is 0 Å². The standard InChI is InChI=1S/C16H25NO2S/c1-5-12-10-11-15(14-9-7-6-8-13(12)14)20(18,19)17-16(2,3)4/h10-11,17H,5-9H2,1-4H3. The van der Waals surface area contributed by atoms with Crippen LogP contribution in [-0.2, 0) is 29.3 Å². The largest absolute Gasteiger partial charge is 0.241 e. The second-order valence-corrected chi connectivity index (χ2v) is 8.25. The Morgan fingerprint density at radius 3 is 2.25 bits per heavy atom. The maximum Gasteiger partial charge on any atom is 0.241 e. The van der Waals surface area contributed by atoms with Crippen LogP contribution in [0.2, 0.25) is 0 Å². The lowest BCUT2D eigenvalue weighted by Gasteiger charge is -2.25. The van der Waals surface area contributed by atoms with E-state index in [1.807, 2.05) is 26.8 Å². The third-order valence-corrected chi connectivity index (χ3v) is 5.54. The van der Waals surface area contributed by atoms with E-state index in [1.165, 1.54) is 11.1 Å². The Balaban J connectivity index is 2.53. The fourth-order valence-corrected chi connectivity index (χ4v) is 4.66. The third-order valence-electron chi connectivity index (χ3n) is 3.70. The first-order valence-electron chi connectivity index (χ1n) is 7.42. The molecule has 20 heavy (non-hydrogen) atoms. The first-order valence-corrected chi connectivity index (χ1v) is 8.90. The van der Waals surface area contributed by atoms with Gasteiger partial charge < -0.3 is 0 Å². The molecule has 0 saturated carbocycles. The molecule has 0 radical (unpaired) electrons. The van der Waals surface area contributed by atoms with Crippen LogP contribution in [0.5, 0.6) is 0 Å². The number of fused-ring (bicyclic) bond motifs is 1. The lowest BCUT2D eigenvalue weighted by atomic mass is 9.87. The summed E-state index contributed by atoms with van der Waals surface area (Å²) in [5.74, 6) is 0. The van der Waals surface area contributed by atoms with Crippen molar-refractivity contribution in [3.8, 4) is 0 Å². The lowest BCUT2D eigenvalue weighted by Crippen LogP contribution is -2.41. The highest BCUT2D eigenvalue weighted by Crippen LogP contribution is 2.31. The van der Waals surface area contributed by atoms with Crippen LogP contribution in [0.15, 0.2) is 17.0 Å². The van der Waals surface area contributed by atoms with Gasteiger partial charge in [0.25, 0.3) is 0 Å². The number of nitrogens with one attached hydrogen (secondary N) is 1. The highest BCUT2D eigenvalue weighted by molar-refractivity contribution is 7.89. The molecule has 1 aromatic rings. The summed E-state index contributed by atoms with van der Waals surface area (Å²) in [4.78, 5) is 0.485. The molecule has 0 aliphatic heterocycles. The van der Waals surface area contributed by atoms with Crippen LogP contribution in [0.3, 0.4) is 0 Å². The van der Waals surface area contributed by atoms with Crippen molar-refractivity contribution in [1.29, 1.82) is 0 Å². The summed E-state index contributed by atoms with van der Waals surface area (Å²) in [7, 11) is -3.43. The second-order valence-electron chi connectivity index (χ2n) is 6.60. The summed E-state index contributed by atoms with van der Waals surface area (Å²) < 4.78 is 28.0. The molecule has 0 spiro atoms. The van der Waals surface area contributed by atoms with E-state index in [1.54, 1.807) is 6.07 Å². The molecule has 4 heteroatoms. The SMILES string of the molecule is CCc1ccc(S(=O)(=O)NC(C)(C)C)c2c1CCCC2. The highest BCUT2D eigenvalue weighted by Gasteiger charge is 2.27. The van der Waals surface area contributed by atoms with Crippen LogP contribution in [0.25, 0.3) is 0 Å². The molecule has 1 aliphatic rings. The molecule has 0 heterocycles. The summed E-state index contributed by atoms with van der Waals surface area (Å²) in [6.45, 7) is 7.75. The average Bonchev–Trinajstić information content (AvgIpc) is 2.34. The average molecular weight is 295 g/mol. The van der Waals surface area contributed by atoms with Crippen LogP contribution >= 0.6 is 0 Å². The van der Waals surface area contributed by atoms with E-state index in [-0.39, 0.29) is 0 Å². The molecule has 0 fully saturated rings. The fraction of sp³-hybridized carbons (Fsp3) is 0.625. The molecule has 0 saturated heterocycles. The number of sulfonamides is 1. The predicted octanol–water partition coefficient (Wildman–Crippen LogP) is 3.20. The van der Waals surface area contributed by atoms with Crippen molar-refractivity contribution >= 4 is 10.0 Å². The molecule has 0 aromatic heterocycles. The van der Waals surface area contributed by atoms with Gasteiger partial charge in [-0.1, -0.05) is 13.0 Å². The molecule has 0 bridgehead atoms. The quantitative estimate of drug-likeness (QED) is 0.930. The van der Waals surface area contributed by atoms with Crippen molar-refractivity contribution in [2.75, 3.05) is 0 Å². The monoisotopic (exact) mass is 295 g/mol. The van der Waals surface area contributed by atoms with Gasteiger partial charge in [0.05, 0.1) is 4.90 Å². The Labute approximate surface area is 122 Å². The minimum absolute atomic E-state index is 0.455. The van der Waals surface area contributed by atoms with E-state index in [2.05, 4.69) is 11.6 Å². The Morgan fingerprint density at radius 2 is 1.70 bits per heavy atom. The number of aryl methyl sites for hydroxylation is 1. The molecule has 0 atom stereocenters. The summed E-state index contributed by atoms with van der Waals surface area (Å²) in [6, 6.07) is 3.78. The van der Waals surface area contributed by atoms with Crippen LogP contribution < -0.4 is 4.72 Å². The van der Waals surface area contributed by atoms with Crippen LogP contribution in [0.4, 0.5) is 0 Å². The van der Waals surface area contributed by atoms with Crippen molar-refractivity contribution in [2.45, 2.75) is 70.2 Å². The molecule has 1 N–H and O–H groups in total. The Morgan fingerprint density at radius 1 is 1.10 bits per heavy atom. The smallest absolute Gasteiger partial charge is 0.207 e. The van der Waals surface area contributed by atoms with Gasteiger partial charge in [0, 0.05) is 5.54 Å². The zero-order chi connectivity index (χ0) is 15.0. The van der Waals surface area contributed by atoms with E-state index < -0.39 is 15.6 Å². The fourth-order valence-electron chi connectivity index (χ4n) is 2.95. The van der Waals surface area contributed by atoms with Crippen LogP contribution in [-0.4, -0.2) is 14.0 Å². The summed E-state index contributed by atoms with van der Waals surface area (Å²) in [6.07, 6.45) is 5.10. The van der Waals surface area contributed by atoms with Crippen molar-refractivity contribution in [3.63, 3.8) is 0 Å². The number of hydrogen-bond acceptors (Lipinski definition) is 2. The van der Waals surface area contributed by atoms with Gasteiger partial charge in [-0.05, 0) is 75.6 Å². The Kier molecular flexibility index (Phi) is 4.26. The molecular weight excluding hydrogens is 270 g/mol. The van der Waals surface area contributed by atoms with Gasteiger partial charge in [0.1, 0.15) is 0 Å². The maximum atomic E-state index is 12.6. The van der Waals surface area contributed by atoms with E-state index >= 15 is 0 Å². The first kappa shape index (κ1) is 15.5. The van der Waals surface area contributed by atoms with E-state index in [4.69, 9.17) is 0 Å². The zero-order valence-corrected chi connectivity index (χ0v) is 13.7. The molecule has 1 aromatic carbocycles. The third kappa shape index (κ3) is 3.23. The number of hydrogen-bond donors (Lipinski definition) is 1. The van der Waals surface area contributed by atoms with Crippen molar-refractivity contribution < 1.29 is 8.42 Å². The summed E-state index contributed by atoms with van der Waals surface area (Å²) >= 11 is 0. The molecule has 2 rings (SSSR count). The van der Waals surface area contributed by atoms with Crippen LogP contribution in [0.1, 0.15) is 57.2 Å². The van der Waals surface area contributed by atoms with Gasteiger partial charge in [-0.15, -0.1) is 0 Å². The van der Waals surface area contributed by atoms with Crippen molar-refractivity contribution in [2.24, 2.45) is 0 Å². The summed E-state index contributed by atoms with van der Waals surface area (Å²) in [5, 5.41) is 0. The lowest BCUT2D eigenvalue weighted by molar-refractivity contribution is 0.490. The molecule has 3 nitrogen and oxygen atoms in total. The molecular formula is C16H25NO2S. The van der Waals surface area contributed by atoms with E-state index in [0.717, 1.165) is 37.7 Å². The maximum absolute atomic E-state index is 12.6. The van der Waals surface area contributed by atoms with Gasteiger partial charge in [0.2, 0.25) is 10.0 Å². The first-order chi connectivity index (χ1) is 9.24. The molecule has 0 amide bonds. The van der Waals surface area contributed by atoms with Gasteiger partial charge >= 0.3 is 0 Å². The normalized spacial score (nSPS) is 16.0. The van der Waals surface area contributed by atoms with E-state index in [0.29, 0.717) is 4.90 Å². The minimum atomic E-state index is -3.43. The van der Waals surface area contributed by atoms with Gasteiger partial charge in [-0.2, -0.15) is 0 Å². The highest BCUT2D eigenvalue weighted by atomic mass is 32.2. The van der Waals surface area contributed by atoms with Crippen molar-refractivity contribution in [3.05, 3.63) is 28.8 Å². The number of rotatable bonds is 3. The summed E-state index contributed by atoms with van der Waals surface area (Å²) in [5.41, 5.74) is 3.17. The Bertz CT molecular complexity index is 598. The second kappa shape index (κ2) is 5.49. The molecule has 0 unspecified atom stereocenters. The zero-order valence-electron chi connectivity index (χ0n) is 12.9. The van der Waals surface area contributed by atoms with Gasteiger partial charge in [-0.25, -0.2) is 13.1 Å². The molecule has 1 aliphatic carbocycles. The number of benzene rings is 1. The minimum Gasteiger partial charge on any atom is -0.207 e. The van der Waals surface area contributed by atoms with E-state index in [9.17, 15) is 8.42 Å². The van der Waals surface area contributed by atoms with Crippen molar-refractivity contribution in [1.82, 2.24) is 4.72 Å². The Hall–Kier alpha value is -0.870. The predicted molar refractivity (Wildman–Crippen MR) is 82.5 cm³/mol. The van der Waals surface area contributed by atoms with Gasteiger partial charge in [0.15, 0.2) is 0 Å². The van der Waals surface area contributed by atoms with Crippen LogP contribution in [0, 0.1) is 0 Å². The topological polar surface area (TPSA) is 46.2 Å².